The van der Waals surface area contributed by atoms with Gasteiger partial charge >= 0.3 is 11.9 Å². The van der Waals surface area contributed by atoms with Crippen molar-refractivity contribution in [2.45, 2.75) is 52.2 Å². The van der Waals surface area contributed by atoms with Gasteiger partial charge < -0.3 is 20.9 Å². The van der Waals surface area contributed by atoms with Crippen LogP contribution in [0, 0.1) is 6.92 Å². The Morgan fingerprint density at radius 3 is 2.64 bits per heavy atom. The number of aromatic nitrogens is 4. The number of carboxylic acid groups (broad SMARTS) is 1. The highest BCUT2D eigenvalue weighted by molar-refractivity contribution is 5.96. The average Bonchev–Trinajstić information content (AvgIpc) is 3.28. The number of aromatic carboxylic acids is 1. The van der Waals surface area contributed by atoms with E-state index in [-0.39, 0.29) is 35.1 Å². The molecule has 0 saturated carbocycles. The van der Waals surface area contributed by atoms with Crippen molar-refractivity contribution < 1.29 is 24.2 Å². The second-order valence-corrected chi connectivity index (χ2v) is 8.89. The summed E-state index contributed by atoms with van der Waals surface area (Å²) >= 11 is 0. The van der Waals surface area contributed by atoms with Crippen molar-refractivity contribution in [2.75, 3.05) is 5.73 Å². The van der Waals surface area contributed by atoms with Gasteiger partial charge in [-0.3, -0.25) is 4.79 Å². The van der Waals surface area contributed by atoms with E-state index in [2.05, 4.69) is 20.4 Å². The third-order valence-electron chi connectivity index (χ3n) is 5.40. The summed E-state index contributed by atoms with van der Waals surface area (Å²) in [7, 11) is 0. The molecule has 11 nitrogen and oxygen atoms in total. The van der Waals surface area contributed by atoms with Crippen molar-refractivity contribution in [3.8, 4) is 0 Å². The minimum absolute atomic E-state index is 0.0813. The Morgan fingerprint density at radius 2 is 1.97 bits per heavy atom. The van der Waals surface area contributed by atoms with Gasteiger partial charge in [0.15, 0.2) is 5.69 Å². The molecule has 0 bridgehead atoms. The van der Waals surface area contributed by atoms with Gasteiger partial charge in [-0.15, -0.1) is 5.10 Å². The minimum atomic E-state index is -1.29. The lowest BCUT2D eigenvalue weighted by Gasteiger charge is -2.21. The first-order valence-electron chi connectivity index (χ1n) is 10.4. The van der Waals surface area contributed by atoms with Gasteiger partial charge in [0, 0.05) is 6.07 Å². The molecule has 4 rings (SSSR count). The fraction of sp³-hybridized carbons (Fsp3) is 0.364. The van der Waals surface area contributed by atoms with Crippen LogP contribution in [-0.2, 0) is 11.2 Å². The lowest BCUT2D eigenvalue weighted by atomic mass is 9.97. The molecule has 0 unspecified atom stereocenters. The monoisotopic (exact) mass is 452 g/mol. The highest BCUT2D eigenvalue weighted by Gasteiger charge is 2.30. The molecule has 0 saturated heterocycles. The van der Waals surface area contributed by atoms with Gasteiger partial charge in [0.2, 0.25) is 5.95 Å². The van der Waals surface area contributed by atoms with Gasteiger partial charge in [-0.2, -0.15) is 9.50 Å². The number of carbonyl (C=O) groups is 3. The molecule has 3 aromatic rings. The van der Waals surface area contributed by atoms with Crippen molar-refractivity contribution in [2.24, 2.45) is 0 Å². The summed E-state index contributed by atoms with van der Waals surface area (Å²) < 4.78 is 6.47. The van der Waals surface area contributed by atoms with Crippen LogP contribution in [0.1, 0.15) is 81.3 Å². The van der Waals surface area contributed by atoms with Crippen LogP contribution >= 0.6 is 0 Å². The summed E-state index contributed by atoms with van der Waals surface area (Å²) in [6.07, 6.45) is 1.31. The molecule has 2 heterocycles. The van der Waals surface area contributed by atoms with Crippen LogP contribution < -0.4 is 11.1 Å². The Balaban J connectivity index is 1.60. The average molecular weight is 452 g/mol. The zero-order valence-corrected chi connectivity index (χ0v) is 18.7. The Morgan fingerprint density at radius 1 is 1.24 bits per heavy atom. The van der Waals surface area contributed by atoms with Crippen molar-refractivity contribution in [1.82, 2.24) is 24.9 Å². The first kappa shape index (κ1) is 22.2. The maximum atomic E-state index is 12.9. The minimum Gasteiger partial charge on any atom is -0.477 e. The third kappa shape index (κ3) is 4.21. The summed E-state index contributed by atoms with van der Waals surface area (Å²) in [5.74, 6) is -2.46. The van der Waals surface area contributed by atoms with Crippen molar-refractivity contribution in [3.63, 3.8) is 0 Å². The topological polar surface area (TPSA) is 162 Å². The Labute approximate surface area is 189 Å². The first-order chi connectivity index (χ1) is 15.4. The van der Waals surface area contributed by atoms with E-state index in [0.717, 1.165) is 27.3 Å². The summed E-state index contributed by atoms with van der Waals surface area (Å²) in [6, 6.07) is 4.34. The molecule has 2 aromatic heterocycles. The van der Waals surface area contributed by atoms with Crippen LogP contribution in [0.15, 0.2) is 18.2 Å². The van der Waals surface area contributed by atoms with E-state index < -0.39 is 17.5 Å². The number of hydrogen-bond acceptors (Lipinski definition) is 8. The second kappa shape index (κ2) is 7.84. The summed E-state index contributed by atoms with van der Waals surface area (Å²) in [6.45, 7) is 7.31. The van der Waals surface area contributed by atoms with E-state index in [1.54, 1.807) is 6.07 Å². The Hall–Kier alpha value is -4.02. The van der Waals surface area contributed by atoms with Crippen LogP contribution in [0.5, 0.6) is 0 Å². The van der Waals surface area contributed by atoms with Crippen LogP contribution in [0.2, 0.25) is 0 Å². The number of benzene rings is 1. The van der Waals surface area contributed by atoms with Crippen molar-refractivity contribution >= 4 is 29.6 Å². The van der Waals surface area contributed by atoms with Crippen LogP contribution in [0.4, 0.5) is 5.95 Å². The van der Waals surface area contributed by atoms with Gasteiger partial charge in [0.05, 0.1) is 11.6 Å². The van der Waals surface area contributed by atoms with Crippen LogP contribution in [0.25, 0.3) is 5.78 Å². The molecule has 0 spiro atoms. The molecule has 1 aromatic carbocycles. The molecule has 1 aliphatic rings. The molecule has 1 amide bonds. The summed E-state index contributed by atoms with van der Waals surface area (Å²) in [5, 5.41) is 16.2. The molecule has 172 valence electrons. The van der Waals surface area contributed by atoms with E-state index in [1.807, 2.05) is 33.8 Å². The number of fused-ring (bicyclic) bond motifs is 2. The molecule has 1 aliphatic carbocycles. The second-order valence-electron chi connectivity index (χ2n) is 8.89. The SMILES string of the molecule is Cc1c(C(=O)OC(C)(C)C)ccc2c1CC[C@@H]2NC(=O)c1cc(C(=O)O)n2nc(N)nc2n1. The van der Waals surface area contributed by atoms with Gasteiger partial charge in [-0.25, -0.2) is 14.6 Å². The Kier molecular flexibility index (Phi) is 5.27. The highest BCUT2D eigenvalue weighted by Crippen LogP contribution is 2.35. The number of carboxylic acids is 1. The number of hydrogen-bond donors (Lipinski definition) is 3. The molecule has 33 heavy (non-hydrogen) atoms. The number of amides is 1. The van der Waals surface area contributed by atoms with Crippen LogP contribution in [0.3, 0.4) is 0 Å². The third-order valence-corrected chi connectivity index (χ3v) is 5.40. The van der Waals surface area contributed by atoms with E-state index in [0.29, 0.717) is 18.4 Å². The van der Waals surface area contributed by atoms with Gasteiger partial charge in [-0.05, 0) is 63.3 Å². The molecule has 0 fully saturated rings. The molecular weight excluding hydrogens is 428 g/mol. The molecule has 1 atom stereocenters. The van der Waals surface area contributed by atoms with Gasteiger partial charge in [0.25, 0.3) is 11.7 Å². The van der Waals surface area contributed by atoms with Gasteiger partial charge in [-0.1, -0.05) is 6.07 Å². The fourth-order valence-electron chi connectivity index (χ4n) is 3.97. The van der Waals surface area contributed by atoms with Crippen molar-refractivity contribution in [1.29, 1.82) is 0 Å². The van der Waals surface area contributed by atoms with Crippen molar-refractivity contribution in [3.05, 3.63) is 51.8 Å². The molecular formula is C22H24N6O5. The van der Waals surface area contributed by atoms with E-state index in [1.165, 1.54) is 0 Å². The number of nitrogens with two attached hydrogens (primary N) is 1. The zero-order valence-electron chi connectivity index (χ0n) is 18.7. The zero-order chi connectivity index (χ0) is 24.1. The number of nitrogen functional groups attached to an aromatic ring is 1. The number of ether oxygens (including phenoxy) is 1. The molecule has 0 radical (unpaired) electrons. The standard InChI is InChI=1S/C22H24N6O5/c1-10-11-7-8-14(13(11)6-5-12(10)19(32)33-22(2,3)4)24-17(29)15-9-16(18(30)31)28-21(25-15)26-20(23)27-28/h5-6,9,14H,7-8H2,1-4H3,(H2,23,27)(H,24,29)(H,30,31)/t14-/m0/s1. The molecule has 4 N–H and O–H groups in total. The predicted octanol–water partition coefficient (Wildman–Crippen LogP) is 2.09. The van der Waals surface area contributed by atoms with E-state index in [9.17, 15) is 19.5 Å². The van der Waals surface area contributed by atoms with Crippen LogP contribution in [-0.4, -0.2) is 48.1 Å². The quantitative estimate of drug-likeness (QED) is 0.503. The number of esters is 1. The fourth-order valence-corrected chi connectivity index (χ4v) is 3.97. The maximum Gasteiger partial charge on any atom is 0.354 e. The highest BCUT2D eigenvalue weighted by atomic mass is 16.6. The number of anilines is 1. The summed E-state index contributed by atoms with van der Waals surface area (Å²) in [4.78, 5) is 45.0. The molecule has 0 aliphatic heterocycles. The number of carbonyl (C=O) groups excluding carboxylic acids is 2. The lowest BCUT2D eigenvalue weighted by molar-refractivity contribution is 0.00682. The molecule has 11 heteroatoms. The van der Waals surface area contributed by atoms with Gasteiger partial charge in [0.1, 0.15) is 11.3 Å². The largest absolute Gasteiger partial charge is 0.477 e. The first-order valence-corrected chi connectivity index (χ1v) is 10.4. The number of nitrogens with one attached hydrogen (secondary N) is 1. The maximum absolute atomic E-state index is 12.9. The summed E-state index contributed by atoms with van der Waals surface area (Å²) in [5.41, 5.74) is 7.77. The number of nitrogens with zero attached hydrogens (tertiary/aromatic N) is 4. The Bertz CT molecular complexity index is 1310. The predicted molar refractivity (Wildman–Crippen MR) is 117 cm³/mol. The number of rotatable bonds is 4. The van der Waals surface area contributed by atoms with E-state index in [4.69, 9.17) is 10.5 Å². The normalized spacial score (nSPS) is 15.3. The smallest absolute Gasteiger partial charge is 0.354 e. The van der Waals surface area contributed by atoms with E-state index >= 15 is 0 Å². The lowest BCUT2D eigenvalue weighted by Crippen LogP contribution is -2.29.